The Bertz CT molecular complexity index is 366. The number of nitrogens with zero attached hydrogens (tertiary/aromatic N) is 1. The summed E-state index contributed by atoms with van der Waals surface area (Å²) in [5, 5.41) is 0. The summed E-state index contributed by atoms with van der Waals surface area (Å²) in [6, 6.07) is 0. The molecule has 0 saturated heterocycles. The maximum atomic E-state index is 11.3. The molecule has 3 nitrogen and oxygen atoms in total. The van der Waals surface area contributed by atoms with Crippen molar-refractivity contribution in [1.82, 2.24) is 0 Å². The van der Waals surface area contributed by atoms with Crippen molar-refractivity contribution in [3.8, 4) is 0 Å². The molecule has 0 aliphatic rings. The molecular weight excluding hydrogens is 208 g/mol. The van der Waals surface area contributed by atoms with Crippen molar-refractivity contribution in [2.45, 2.75) is 33.6 Å². The summed E-state index contributed by atoms with van der Waals surface area (Å²) in [5.74, 6) is 0. The van der Waals surface area contributed by atoms with Gasteiger partial charge in [0.2, 0.25) is 5.43 Å². The Morgan fingerprint density at radius 1 is 1.40 bits per heavy atom. The van der Waals surface area contributed by atoms with E-state index in [1.807, 2.05) is 25.8 Å². The zero-order valence-corrected chi connectivity index (χ0v) is 10.8. The van der Waals surface area contributed by atoms with Gasteiger partial charge in [-0.1, -0.05) is 39.4 Å². The second-order valence-electron chi connectivity index (χ2n) is 3.20. The van der Waals surface area contributed by atoms with Crippen LogP contribution in [-0.2, 0) is 0 Å². The molecular formula is C11H20N2OS. The molecule has 0 aliphatic heterocycles. The number of rotatable bonds is 4. The Hall–Kier alpha value is -0.900. The predicted molar refractivity (Wildman–Crippen MR) is 69.9 cm³/mol. The summed E-state index contributed by atoms with van der Waals surface area (Å²) in [5.41, 5.74) is 6.61. The Morgan fingerprint density at radius 3 is 2.33 bits per heavy atom. The van der Waals surface area contributed by atoms with E-state index in [1.54, 1.807) is 0 Å². The van der Waals surface area contributed by atoms with Gasteiger partial charge >= 0.3 is 0 Å². The van der Waals surface area contributed by atoms with Gasteiger partial charge in [0.05, 0.1) is 5.69 Å². The van der Waals surface area contributed by atoms with E-state index in [1.165, 1.54) is 0 Å². The maximum absolute atomic E-state index is 11.3. The average molecular weight is 228 g/mol. The lowest BCUT2D eigenvalue weighted by atomic mass is 10.2. The monoisotopic (exact) mass is 228 g/mol. The molecule has 0 fully saturated rings. The quantitative estimate of drug-likeness (QED) is 0.804. The smallest absolute Gasteiger partial charge is 0.224 e. The molecule has 0 radical (unpaired) electrons. The van der Waals surface area contributed by atoms with Crippen molar-refractivity contribution in [3.63, 3.8) is 0 Å². The van der Waals surface area contributed by atoms with Gasteiger partial charge in [0, 0.05) is 13.6 Å². The van der Waals surface area contributed by atoms with Crippen LogP contribution in [0.5, 0.6) is 0 Å². The van der Waals surface area contributed by atoms with Crippen LogP contribution in [-0.4, -0.2) is 13.6 Å². The topological polar surface area (TPSA) is 46.3 Å². The van der Waals surface area contributed by atoms with E-state index >= 15 is 0 Å². The van der Waals surface area contributed by atoms with Gasteiger partial charge in [-0.2, -0.15) is 0 Å². The van der Waals surface area contributed by atoms with E-state index in [0.29, 0.717) is 15.9 Å². The van der Waals surface area contributed by atoms with E-state index in [4.69, 9.17) is 18.0 Å². The van der Waals surface area contributed by atoms with Crippen LogP contribution in [0.3, 0.4) is 0 Å². The van der Waals surface area contributed by atoms with Gasteiger partial charge in [0.15, 0.2) is 0 Å². The van der Waals surface area contributed by atoms with Gasteiger partial charge in [0.1, 0.15) is 10.2 Å². The van der Waals surface area contributed by atoms with Gasteiger partial charge in [-0.05, 0) is 6.42 Å². The van der Waals surface area contributed by atoms with Crippen LogP contribution in [0.25, 0.3) is 0 Å². The van der Waals surface area contributed by atoms with Gasteiger partial charge < -0.3 is 10.6 Å². The fraction of sp³-hybridized carbons (Fsp3) is 0.636. The van der Waals surface area contributed by atoms with Crippen molar-refractivity contribution in [2.75, 3.05) is 24.2 Å². The summed E-state index contributed by atoms with van der Waals surface area (Å²) < 4.78 is 0.290. The average Bonchev–Trinajstić information content (AvgIpc) is 2.28. The Kier molecular flexibility index (Phi) is 6.17. The molecule has 0 saturated carbocycles. The molecule has 0 bridgehead atoms. The maximum Gasteiger partial charge on any atom is 0.224 e. The number of anilines is 2. The molecule has 1 aromatic carbocycles. The van der Waals surface area contributed by atoms with Crippen LogP contribution in [0.4, 0.5) is 11.4 Å². The summed E-state index contributed by atoms with van der Waals surface area (Å²) in [7, 11) is 1.87. The normalized spacial score (nSPS) is 9.60. The minimum absolute atomic E-state index is 0.0777. The third-order valence-corrected chi connectivity index (χ3v) is 2.56. The van der Waals surface area contributed by atoms with Crippen molar-refractivity contribution < 1.29 is 0 Å². The number of nitrogens with two attached hydrogens (primary N) is 1. The van der Waals surface area contributed by atoms with Crippen LogP contribution in [0.1, 0.15) is 33.6 Å². The molecule has 0 amide bonds. The molecule has 1 rings (SSSR count). The highest BCUT2D eigenvalue weighted by atomic mass is 32.1. The molecule has 4 heteroatoms. The number of nitrogen functional groups attached to an aromatic ring is 1. The van der Waals surface area contributed by atoms with E-state index in [-0.39, 0.29) is 5.43 Å². The van der Waals surface area contributed by atoms with Crippen LogP contribution >= 0.6 is 12.2 Å². The lowest BCUT2D eigenvalue weighted by molar-refractivity contribution is 0.764. The lowest BCUT2D eigenvalue weighted by Gasteiger charge is -2.21. The first-order valence-electron chi connectivity index (χ1n) is 5.39. The van der Waals surface area contributed by atoms with Crippen LogP contribution in [0.15, 0.2) is 4.79 Å². The Morgan fingerprint density at radius 2 is 1.93 bits per heavy atom. The Labute approximate surface area is 96.6 Å². The van der Waals surface area contributed by atoms with Crippen LogP contribution in [0, 0.1) is 4.51 Å². The fourth-order valence-electron chi connectivity index (χ4n) is 1.28. The van der Waals surface area contributed by atoms with Crippen molar-refractivity contribution >= 4 is 23.6 Å². The number of hydrogen-bond donors (Lipinski definition) is 1. The number of hydrogen-bond acceptors (Lipinski definition) is 4. The van der Waals surface area contributed by atoms with Crippen molar-refractivity contribution in [3.05, 3.63) is 14.7 Å². The molecule has 15 heavy (non-hydrogen) atoms. The van der Waals surface area contributed by atoms with E-state index in [2.05, 4.69) is 6.92 Å². The van der Waals surface area contributed by atoms with E-state index < -0.39 is 0 Å². The van der Waals surface area contributed by atoms with Crippen LogP contribution < -0.4 is 16.1 Å². The van der Waals surface area contributed by atoms with Crippen molar-refractivity contribution in [2.24, 2.45) is 0 Å². The zero-order valence-electron chi connectivity index (χ0n) is 9.96. The molecule has 1 aromatic rings. The second-order valence-corrected chi connectivity index (χ2v) is 3.60. The fourth-order valence-corrected chi connectivity index (χ4v) is 1.48. The highest BCUT2D eigenvalue weighted by Gasteiger charge is 2.17. The largest absolute Gasteiger partial charge is 0.396 e. The van der Waals surface area contributed by atoms with Gasteiger partial charge in [-0.3, -0.25) is 4.79 Å². The Balaban J connectivity index is 0.000000921. The van der Waals surface area contributed by atoms with Gasteiger partial charge in [0.25, 0.3) is 0 Å². The minimum atomic E-state index is -0.0777. The molecule has 0 atom stereocenters. The molecule has 2 N–H and O–H groups in total. The van der Waals surface area contributed by atoms with Crippen molar-refractivity contribution in [1.29, 1.82) is 0 Å². The first-order chi connectivity index (χ1) is 7.09. The molecule has 0 heterocycles. The predicted octanol–water partition coefficient (Wildman–Crippen LogP) is 2.50. The minimum Gasteiger partial charge on any atom is -0.396 e. The summed E-state index contributed by atoms with van der Waals surface area (Å²) >= 11 is 4.78. The van der Waals surface area contributed by atoms with E-state index in [9.17, 15) is 4.79 Å². The summed E-state index contributed by atoms with van der Waals surface area (Å²) in [4.78, 5) is 13.1. The standard InChI is InChI=1S/C9H14N2OS.C2H6/c1-3-4-5-11(2)7-6(10)9(13)8(7)12;1-2/h3-5,10H2,1-2H3;1-2H3. The highest BCUT2D eigenvalue weighted by molar-refractivity contribution is 7.71. The molecule has 0 aliphatic carbocycles. The third kappa shape index (κ3) is 3.02. The van der Waals surface area contributed by atoms with Crippen LogP contribution in [0.2, 0.25) is 0 Å². The van der Waals surface area contributed by atoms with Gasteiger partial charge in [-0.15, -0.1) is 0 Å². The zero-order chi connectivity index (χ0) is 12.0. The summed E-state index contributed by atoms with van der Waals surface area (Å²) in [6.45, 7) is 6.97. The third-order valence-electron chi connectivity index (χ3n) is 2.15. The molecule has 0 aromatic heterocycles. The SMILES string of the molecule is CC.CCCCN(C)c1c(N)c(=S)c1=O. The van der Waals surface area contributed by atoms with Gasteiger partial charge in [-0.25, -0.2) is 0 Å². The van der Waals surface area contributed by atoms with E-state index in [0.717, 1.165) is 19.4 Å². The molecule has 0 unspecified atom stereocenters. The summed E-state index contributed by atoms with van der Waals surface area (Å²) in [6.07, 6.45) is 2.17. The number of unbranched alkanes of at least 4 members (excludes halogenated alkanes) is 1. The first kappa shape index (κ1) is 14.1. The highest BCUT2D eigenvalue weighted by Crippen LogP contribution is 2.22. The lowest BCUT2D eigenvalue weighted by Crippen LogP contribution is -2.30. The molecule has 0 spiro atoms. The first-order valence-corrected chi connectivity index (χ1v) is 5.80. The molecule has 86 valence electrons. The second kappa shape index (κ2) is 6.56.